The van der Waals surface area contributed by atoms with Crippen molar-refractivity contribution in [2.75, 3.05) is 0 Å². The van der Waals surface area contributed by atoms with Crippen molar-refractivity contribution in [1.29, 1.82) is 0 Å². The van der Waals surface area contributed by atoms with Gasteiger partial charge in [-0.05, 0) is 40.8 Å². The van der Waals surface area contributed by atoms with Crippen molar-refractivity contribution in [2.45, 2.75) is 11.8 Å². The van der Waals surface area contributed by atoms with Crippen molar-refractivity contribution in [3.8, 4) is 11.1 Å². The standard InChI is InChI=1S/C13H12O2S/c1-10-7-8-12(9-13(10)16(14)15)11-5-3-2-4-6-11/h2-9H,1H3,(H,14,15)/p-1. The highest BCUT2D eigenvalue weighted by Gasteiger charge is 2.02. The highest BCUT2D eigenvalue weighted by Crippen LogP contribution is 2.23. The van der Waals surface area contributed by atoms with Crippen molar-refractivity contribution >= 4 is 11.1 Å². The number of benzene rings is 2. The molecule has 2 aromatic carbocycles. The lowest BCUT2D eigenvalue weighted by atomic mass is 10.0. The molecule has 0 amide bonds. The Morgan fingerprint density at radius 1 is 1.00 bits per heavy atom. The average Bonchev–Trinajstić information content (AvgIpc) is 2.30. The Labute approximate surface area is 97.2 Å². The SMILES string of the molecule is Cc1ccc(-c2ccccc2)cc1S(=O)[O-]. The number of hydrogen-bond acceptors (Lipinski definition) is 2. The Balaban J connectivity index is 2.52. The van der Waals surface area contributed by atoms with E-state index in [0.29, 0.717) is 4.90 Å². The first-order valence-electron chi connectivity index (χ1n) is 4.94. The van der Waals surface area contributed by atoms with Crippen molar-refractivity contribution in [2.24, 2.45) is 0 Å². The summed E-state index contributed by atoms with van der Waals surface area (Å²) in [7, 11) is 0. The zero-order chi connectivity index (χ0) is 11.5. The van der Waals surface area contributed by atoms with Gasteiger partial charge >= 0.3 is 0 Å². The molecule has 0 radical (unpaired) electrons. The molecule has 16 heavy (non-hydrogen) atoms. The highest BCUT2D eigenvalue weighted by atomic mass is 32.2. The molecule has 0 N–H and O–H groups in total. The first-order chi connectivity index (χ1) is 7.68. The van der Waals surface area contributed by atoms with Gasteiger partial charge in [-0.3, -0.25) is 4.21 Å². The van der Waals surface area contributed by atoms with E-state index in [4.69, 9.17) is 0 Å². The van der Waals surface area contributed by atoms with E-state index in [2.05, 4.69) is 0 Å². The van der Waals surface area contributed by atoms with Gasteiger partial charge in [0.1, 0.15) is 0 Å². The summed E-state index contributed by atoms with van der Waals surface area (Å²) in [6.07, 6.45) is 0. The van der Waals surface area contributed by atoms with E-state index < -0.39 is 11.1 Å². The van der Waals surface area contributed by atoms with Gasteiger partial charge in [-0.15, -0.1) is 0 Å². The molecule has 0 aliphatic heterocycles. The monoisotopic (exact) mass is 231 g/mol. The van der Waals surface area contributed by atoms with Crippen molar-refractivity contribution < 1.29 is 8.76 Å². The van der Waals surface area contributed by atoms with E-state index in [1.165, 1.54) is 0 Å². The van der Waals surface area contributed by atoms with Crippen LogP contribution in [0.4, 0.5) is 0 Å². The lowest BCUT2D eigenvalue weighted by Crippen LogP contribution is -1.93. The van der Waals surface area contributed by atoms with Crippen LogP contribution in [-0.4, -0.2) is 8.76 Å². The van der Waals surface area contributed by atoms with Crippen molar-refractivity contribution in [1.82, 2.24) is 0 Å². The maximum Gasteiger partial charge on any atom is 0.0284 e. The maximum atomic E-state index is 11.0. The number of aryl methyl sites for hydroxylation is 1. The summed E-state index contributed by atoms with van der Waals surface area (Å²) >= 11 is -2.17. The quantitative estimate of drug-likeness (QED) is 0.745. The summed E-state index contributed by atoms with van der Waals surface area (Å²) in [5.41, 5.74) is 2.72. The minimum atomic E-state index is -2.17. The van der Waals surface area contributed by atoms with Gasteiger partial charge in [0.05, 0.1) is 0 Å². The molecule has 1 unspecified atom stereocenters. The first kappa shape index (κ1) is 11.0. The summed E-state index contributed by atoms with van der Waals surface area (Å²) in [5.74, 6) is 0. The molecular weight excluding hydrogens is 220 g/mol. The van der Waals surface area contributed by atoms with E-state index in [9.17, 15) is 8.76 Å². The highest BCUT2D eigenvalue weighted by molar-refractivity contribution is 7.79. The molecule has 0 saturated heterocycles. The summed E-state index contributed by atoms with van der Waals surface area (Å²) in [6.45, 7) is 1.79. The minimum absolute atomic E-state index is 0.362. The molecule has 0 heterocycles. The fraction of sp³-hybridized carbons (Fsp3) is 0.0769. The van der Waals surface area contributed by atoms with Gasteiger partial charge in [0.25, 0.3) is 0 Å². The summed E-state index contributed by atoms with van der Waals surface area (Å²) in [6, 6.07) is 15.2. The Morgan fingerprint density at radius 2 is 1.69 bits per heavy atom. The summed E-state index contributed by atoms with van der Waals surface area (Å²) in [5, 5.41) is 0. The second-order valence-corrected chi connectivity index (χ2v) is 4.49. The molecule has 0 aliphatic rings. The third-order valence-corrected chi connectivity index (χ3v) is 3.27. The fourth-order valence-corrected chi connectivity index (χ4v) is 2.14. The molecule has 3 heteroatoms. The van der Waals surface area contributed by atoms with Crippen molar-refractivity contribution in [3.05, 3.63) is 54.1 Å². The van der Waals surface area contributed by atoms with Crippen LogP contribution in [0.2, 0.25) is 0 Å². The minimum Gasteiger partial charge on any atom is -0.768 e. The Morgan fingerprint density at radius 3 is 2.31 bits per heavy atom. The van der Waals surface area contributed by atoms with Gasteiger partial charge in [0.2, 0.25) is 0 Å². The van der Waals surface area contributed by atoms with E-state index >= 15 is 0 Å². The van der Waals surface area contributed by atoms with Crippen LogP contribution in [0.25, 0.3) is 11.1 Å². The van der Waals surface area contributed by atoms with Crippen molar-refractivity contribution in [3.63, 3.8) is 0 Å². The fourth-order valence-electron chi connectivity index (χ4n) is 1.59. The lowest BCUT2D eigenvalue weighted by Gasteiger charge is -2.11. The van der Waals surface area contributed by atoms with Gasteiger partial charge in [0.15, 0.2) is 0 Å². The molecule has 0 fully saturated rings. The van der Waals surface area contributed by atoms with Gasteiger partial charge in [0, 0.05) is 4.90 Å². The molecule has 0 aromatic heterocycles. The van der Waals surface area contributed by atoms with Crippen LogP contribution in [0.1, 0.15) is 5.56 Å². The smallest absolute Gasteiger partial charge is 0.0284 e. The Bertz CT molecular complexity index is 521. The second-order valence-electron chi connectivity index (χ2n) is 3.58. The second kappa shape index (κ2) is 4.60. The number of hydrogen-bond donors (Lipinski definition) is 0. The summed E-state index contributed by atoms with van der Waals surface area (Å²) < 4.78 is 22.0. The van der Waals surface area contributed by atoms with Crippen LogP contribution in [0.15, 0.2) is 53.4 Å². The van der Waals surface area contributed by atoms with Crippen LogP contribution in [0, 0.1) is 6.92 Å². The zero-order valence-corrected chi connectivity index (χ0v) is 9.66. The molecule has 2 aromatic rings. The molecule has 0 saturated carbocycles. The van der Waals surface area contributed by atoms with Gasteiger partial charge < -0.3 is 4.55 Å². The third kappa shape index (κ3) is 2.21. The molecule has 0 bridgehead atoms. The maximum absolute atomic E-state index is 11.0. The van der Waals surface area contributed by atoms with Gasteiger partial charge in [-0.25, -0.2) is 0 Å². The summed E-state index contributed by atoms with van der Waals surface area (Å²) in [4.78, 5) is 0.362. The lowest BCUT2D eigenvalue weighted by molar-refractivity contribution is 0.536. The molecule has 82 valence electrons. The van der Waals surface area contributed by atoms with E-state index in [0.717, 1.165) is 16.7 Å². The predicted molar refractivity (Wildman–Crippen MR) is 63.8 cm³/mol. The third-order valence-electron chi connectivity index (χ3n) is 2.47. The van der Waals surface area contributed by atoms with Gasteiger partial charge in [-0.1, -0.05) is 42.5 Å². The van der Waals surface area contributed by atoms with Crippen LogP contribution in [-0.2, 0) is 11.1 Å². The molecule has 2 nitrogen and oxygen atoms in total. The van der Waals surface area contributed by atoms with Crippen LogP contribution in [0.5, 0.6) is 0 Å². The van der Waals surface area contributed by atoms with Crippen LogP contribution < -0.4 is 0 Å². The predicted octanol–water partition coefficient (Wildman–Crippen LogP) is 2.90. The van der Waals surface area contributed by atoms with Gasteiger partial charge in [-0.2, -0.15) is 0 Å². The normalized spacial score (nSPS) is 12.4. The molecule has 0 spiro atoms. The van der Waals surface area contributed by atoms with Crippen LogP contribution in [0.3, 0.4) is 0 Å². The van der Waals surface area contributed by atoms with E-state index in [-0.39, 0.29) is 0 Å². The molecule has 0 aliphatic carbocycles. The zero-order valence-electron chi connectivity index (χ0n) is 8.84. The average molecular weight is 231 g/mol. The first-order valence-corrected chi connectivity index (χ1v) is 6.01. The largest absolute Gasteiger partial charge is 0.768 e. The van der Waals surface area contributed by atoms with Crippen LogP contribution >= 0.6 is 0 Å². The molecular formula is C13H11O2S-. The van der Waals surface area contributed by atoms with E-state index in [1.54, 1.807) is 13.0 Å². The Kier molecular flexibility index (Phi) is 3.17. The topological polar surface area (TPSA) is 40.1 Å². The number of rotatable bonds is 2. The molecule has 2 rings (SSSR count). The van der Waals surface area contributed by atoms with E-state index in [1.807, 2.05) is 42.5 Å². The molecule has 1 atom stereocenters. The Hall–Kier alpha value is -1.45.